The Balaban J connectivity index is 1.96. The second-order valence-electron chi connectivity index (χ2n) is 4.60. The summed E-state index contributed by atoms with van der Waals surface area (Å²) in [5.41, 5.74) is 0.252. The smallest absolute Gasteiger partial charge is 0.325 e. The number of alkyl halides is 2. The normalized spacial score (nSPS) is 11.5. The van der Waals surface area contributed by atoms with E-state index in [1.165, 1.54) is 30.3 Å². The summed E-state index contributed by atoms with van der Waals surface area (Å²) in [6, 6.07) is 10.4. The summed E-state index contributed by atoms with van der Waals surface area (Å²) in [7, 11) is -4.66. The molecular formula is C15H12F3NO3S2. The van der Waals surface area contributed by atoms with Crippen molar-refractivity contribution >= 4 is 33.2 Å². The van der Waals surface area contributed by atoms with Crippen LogP contribution in [0, 0.1) is 5.82 Å². The van der Waals surface area contributed by atoms with E-state index >= 15 is 0 Å². The summed E-state index contributed by atoms with van der Waals surface area (Å²) in [4.78, 5) is 11.6. The highest BCUT2D eigenvalue weighted by Crippen LogP contribution is 2.22. The van der Waals surface area contributed by atoms with Crippen LogP contribution in [0.2, 0.25) is 0 Å². The zero-order valence-electron chi connectivity index (χ0n) is 12.1. The molecule has 0 aliphatic heterocycles. The van der Waals surface area contributed by atoms with Crippen molar-refractivity contribution in [1.82, 2.24) is 0 Å². The van der Waals surface area contributed by atoms with Gasteiger partial charge < -0.3 is 5.32 Å². The van der Waals surface area contributed by atoms with Crippen LogP contribution in [0.4, 0.5) is 18.9 Å². The first-order chi connectivity index (χ1) is 11.3. The van der Waals surface area contributed by atoms with Crippen molar-refractivity contribution < 1.29 is 26.4 Å². The van der Waals surface area contributed by atoms with Gasteiger partial charge in [-0.05, 0) is 36.4 Å². The lowest BCUT2D eigenvalue weighted by Crippen LogP contribution is -2.15. The molecule has 9 heteroatoms. The van der Waals surface area contributed by atoms with E-state index in [2.05, 4.69) is 5.32 Å². The molecule has 0 bridgehead atoms. The van der Waals surface area contributed by atoms with Gasteiger partial charge in [-0.2, -0.15) is 8.78 Å². The molecule has 0 saturated heterocycles. The van der Waals surface area contributed by atoms with E-state index in [1.807, 2.05) is 0 Å². The molecule has 0 aromatic heterocycles. The van der Waals surface area contributed by atoms with Crippen LogP contribution in [0.1, 0.15) is 0 Å². The van der Waals surface area contributed by atoms with Crippen LogP contribution in [-0.2, 0) is 14.6 Å². The van der Waals surface area contributed by atoms with E-state index in [9.17, 15) is 26.4 Å². The van der Waals surface area contributed by atoms with Crippen molar-refractivity contribution in [3.05, 3.63) is 54.3 Å². The molecule has 0 unspecified atom stereocenters. The van der Waals surface area contributed by atoms with Crippen molar-refractivity contribution in [3.63, 3.8) is 0 Å². The molecule has 0 fully saturated rings. The standard InChI is InChI=1S/C15H12F3NO3S2/c16-12-3-1-2-4-13(12)23-9-14(20)19-10-5-7-11(8-6-10)24(21,22)15(17)18/h1-8,15H,9H2,(H,19,20). The van der Waals surface area contributed by atoms with E-state index in [0.29, 0.717) is 4.90 Å². The summed E-state index contributed by atoms with van der Waals surface area (Å²) in [5, 5.41) is 2.47. The highest BCUT2D eigenvalue weighted by Gasteiger charge is 2.26. The summed E-state index contributed by atoms with van der Waals surface area (Å²) in [6.07, 6.45) is 0. The molecule has 0 radical (unpaired) electrons. The van der Waals surface area contributed by atoms with Gasteiger partial charge in [0.25, 0.3) is 0 Å². The van der Waals surface area contributed by atoms with Gasteiger partial charge in [0.05, 0.1) is 10.6 Å². The molecule has 24 heavy (non-hydrogen) atoms. The van der Waals surface area contributed by atoms with Crippen LogP contribution in [0.15, 0.2) is 58.3 Å². The van der Waals surface area contributed by atoms with Gasteiger partial charge in [-0.15, -0.1) is 11.8 Å². The lowest BCUT2D eigenvalue weighted by Gasteiger charge is -2.07. The summed E-state index contributed by atoms with van der Waals surface area (Å²) in [5.74, 6) is -4.43. The fourth-order valence-corrected chi connectivity index (χ4v) is 3.19. The van der Waals surface area contributed by atoms with Crippen LogP contribution in [0.3, 0.4) is 0 Å². The minimum atomic E-state index is -4.66. The van der Waals surface area contributed by atoms with Crippen molar-refractivity contribution in [3.8, 4) is 0 Å². The van der Waals surface area contributed by atoms with Crippen LogP contribution >= 0.6 is 11.8 Å². The third-order valence-electron chi connectivity index (χ3n) is 2.90. The van der Waals surface area contributed by atoms with Gasteiger partial charge in [-0.3, -0.25) is 4.79 Å². The van der Waals surface area contributed by atoms with Crippen LogP contribution in [0.25, 0.3) is 0 Å². The Morgan fingerprint density at radius 2 is 1.71 bits per heavy atom. The SMILES string of the molecule is O=C(CSc1ccccc1F)Nc1ccc(S(=O)(=O)C(F)F)cc1. The first-order valence-electron chi connectivity index (χ1n) is 6.60. The molecule has 0 aliphatic carbocycles. The van der Waals surface area contributed by atoms with Crippen LogP contribution in [0.5, 0.6) is 0 Å². The number of hydrogen-bond acceptors (Lipinski definition) is 4. The largest absolute Gasteiger partial charge is 0.341 e. The number of carbonyl (C=O) groups is 1. The number of hydrogen-bond donors (Lipinski definition) is 1. The Labute approximate surface area is 141 Å². The van der Waals surface area contributed by atoms with E-state index in [-0.39, 0.29) is 11.4 Å². The van der Waals surface area contributed by atoms with Gasteiger partial charge in [-0.1, -0.05) is 12.1 Å². The van der Waals surface area contributed by atoms with Crippen molar-refractivity contribution in [1.29, 1.82) is 0 Å². The Bertz CT molecular complexity index is 824. The topological polar surface area (TPSA) is 63.2 Å². The van der Waals surface area contributed by atoms with Crippen molar-refractivity contribution in [2.45, 2.75) is 15.5 Å². The summed E-state index contributed by atoms with van der Waals surface area (Å²) < 4.78 is 60.8. The Morgan fingerprint density at radius 3 is 2.29 bits per heavy atom. The average molecular weight is 375 g/mol. The van der Waals surface area contributed by atoms with E-state index in [0.717, 1.165) is 23.9 Å². The van der Waals surface area contributed by atoms with Gasteiger partial charge in [0.1, 0.15) is 5.82 Å². The average Bonchev–Trinajstić information content (AvgIpc) is 2.54. The molecule has 2 rings (SSSR count). The Morgan fingerprint density at radius 1 is 1.08 bits per heavy atom. The minimum absolute atomic E-state index is 0.0575. The van der Waals surface area contributed by atoms with Gasteiger partial charge >= 0.3 is 5.76 Å². The number of carbonyl (C=O) groups excluding carboxylic acids is 1. The van der Waals surface area contributed by atoms with E-state index in [1.54, 1.807) is 6.07 Å². The lowest BCUT2D eigenvalue weighted by molar-refractivity contribution is -0.113. The first-order valence-corrected chi connectivity index (χ1v) is 9.13. The first kappa shape index (κ1) is 18.3. The lowest BCUT2D eigenvalue weighted by atomic mass is 10.3. The number of thioether (sulfide) groups is 1. The Kier molecular flexibility index (Phi) is 5.89. The number of benzene rings is 2. The molecule has 4 nitrogen and oxygen atoms in total. The monoisotopic (exact) mass is 375 g/mol. The maximum Gasteiger partial charge on any atom is 0.341 e. The van der Waals surface area contributed by atoms with E-state index < -0.39 is 32.2 Å². The second-order valence-corrected chi connectivity index (χ2v) is 7.53. The number of amides is 1. The molecule has 0 atom stereocenters. The highest BCUT2D eigenvalue weighted by atomic mass is 32.2. The van der Waals surface area contributed by atoms with Gasteiger partial charge in [0.15, 0.2) is 0 Å². The van der Waals surface area contributed by atoms with Crippen molar-refractivity contribution in [2.24, 2.45) is 0 Å². The highest BCUT2D eigenvalue weighted by molar-refractivity contribution is 8.00. The molecule has 0 spiro atoms. The summed E-state index contributed by atoms with van der Waals surface area (Å²) >= 11 is 1.00. The second kappa shape index (κ2) is 7.71. The molecule has 1 amide bonds. The minimum Gasteiger partial charge on any atom is -0.325 e. The van der Waals surface area contributed by atoms with E-state index in [4.69, 9.17) is 0 Å². The van der Waals surface area contributed by atoms with Gasteiger partial charge in [-0.25, -0.2) is 12.8 Å². The van der Waals surface area contributed by atoms with Crippen LogP contribution in [-0.4, -0.2) is 25.8 Å². The maximum absolute atomic E-state index is 13.4. The maximum atomic E-state index is 13.4. The third-order valence-corrected chi connectivity index (χ3v) is 5.34. The molecule has 128 valence electrons. The van der Waals surface area contributed by atoms with Gasteiger partial charge in [0.2, 0.25) is 15.7 Å². The number of rotatable bonds is 6. The molecular weight excluding hydrogens is 363 g/mol. The number of halogens is 3. The predicted molar refractivity (Wildman–Crippen MR) is 85.4 cm³/mol. The number of nitrogens with one attached hydrogen (secondary N) is 1. The fourth-order valence-electron chi connectivity index (χ4n) is 1.73. The molecule has 1 N–H and O–H groups in total. The quantitative estimate of drug-likeness (QED) is 0.785. The Hall–Kier alpha value is -2.00. The van der Waals surface area contributed by atoms with Crippen molar-refractivity contribution in [2.75, 3.05) is 11.1 Å². The fraction of sp³-hybridized carbons (Fsp3) is 0.133. The van der Waals surface area contributed by atoms with Gasteiger partial charge in [0, 0.05) is 10.6 Å². The van der Waals surface area contributed by atoms with Crippen LogP contribution < -0.4 is 5.32 Å². The zero-order valence-corrected chi connectivity index (χ0v) is 13.7. The molecule has 0 heterocycles. The molecule has 0 aliphatic rings. The summed E-state index contributed by atoms with van der Waals surface area (Å²) in [6.45, 7) is 0. The predicted octanol–water partition coefficient (Wildman–Crippen LogP) is 3.55. The molecule has 2 aromatic rings. The number of anilines is 1. The third kappa shape index (κ3) is 4.51. The number of sulfone groups is 1. The molecule has 2 aromatic carbocycles. The zero-order chi connectivity index (χ0) is 17.7. The molecule has 0 saturated carbocycles.